The minimum absolute atomic E-state index is 0.457. The maximum Gasteiger partial charge on any atom is 0.0514 e. The van der Waals surface area contributed by atoms with Crippen molar-refractivity contribution in [1.82, 2.24) is 10.3 Å². The first-order chi connectivity index (χ1) is 12.2. The van der Waals surface area contributed by atoms with Crippen LogP contribution < -0.4 is 5.32 Å². The van der Waals surface area contributed by atoms with Gasteiger partial charge in [0.1, 0.15) is 0 Å². The molecule has 25 heavy (non-hydrogen) atoms. The van der Waals surface area contributed by atoms with Crippen molar-refractivity contribution in [2.45, 2.75) is 52.4 Å². The number of piperidine rings is 1. The van der Waals surface area contributed by atoms with Crippen LogP contribution in [0, 0.1) is 12.8 Å². The fourth-order valence-electron chi connectivity index (χ4n) is 4.30. The molecule has 0 amide bonds. The Bertz CT molecular complexity index is 666. The van der Waals surface area contributed by atoms with Crippen LogP contribution in [0.15, 0.2) is 34.9 Å². The number of nitrogens with zero attached hydrogens (tertiary/aromatic N) is 1. The Morgan fingerprint density at radius 1 is 1.04 bits per heavy atom. The van der Waals surface area contributed by atoms with Crippen molar-refractivity contribution in [3.8, 4) is 0 Å². The topological polar surface area (TPSA) is 24.9 Å². The molecule has 1 fully saturated rings. The molecule has 1 aromatic heterocycles. The van der Waals surface area contributed by atoms with E-state index >= 15 is 0 Å². The van der Waals surface area contributed by atoms with E-state index in [-0.39, 0.29) is 0 Å². The molecule has 0 unspecified atom stereocenters. The Labute approximate surface area is 160 Å². The molecule has 0 radical (unpaired) electrons. The molecule has 1 aliphatic carbocycles. The van der Waals surface area contributed by atoms with Gasteiger partial charge in [-0.3, -0.25) is 4.98 Å². The summed E-state index contributed by atoms with van der Waals surface area (Å²) in [5.41, 5.74) is 7.17. The van der Waals surface area contributed by atoms with E-state index in [0.717, 1.165) is 30.4 Å². The summed E-state index contributed by atoms with van der Waals surface area (Å²) in [6.07, 6.45) is 6.69. The van der Waals surface area contributed by atoms with E-state index in [1.54, 1.807) is 0 Å². The molecule has 1 saturated heterocycles. The maximum atomic E-state index is 4.89. The summed E-state index contributed by atoms with van der Waals surface area (Å²) in [5.74, 6) is 1.15. The van der Waals surface area contributed by atoms with Gasteiger partial charge in [-0.15, -0.1) is 0 Å². The molecule has 4 rings (SSSR count). The molecule has 1 aromatic carbocycles. The Morgan fingerprint density at radius 3 is 2.52 bits per heavy atom. The lowest BCUT2D eigenvalue weighted by molar-refractivity contribution is 0.338. The molecule has 134 valence electrons. The van der Waals surface area contributed by atoms with Crippen molar-refractivity contribution in [3.05, 3.63) is 62.9 Å². The lowest BCUT2D eigenvalue weighted by atomic mass is 9.76. The summed E-state index contributed by atoms with van der Waals surface area (Å²) in [6.45, 7) is 8.47. The highest BCUT2D eigenvalue weighted by atomic mass is 79.9. The summed E-state index contributed by atoms with van der Waals surface area (Å²) in [6, 6.07) is 9.33. The number of pyridine rings is 1. The van der Waals surface area contributed by atoms with Gasteiger partial charge in [0.15, 0.2) is 0 Å². The third-order valence-electron chi connectivity index (χ3n) is 5.42. The van der Waals surface area contributed by atoms with Gasteiger partial charge in [-0.05, 0) is 90.3 Å². The fourth-order valence-corrected chi connectivity index (χ4v) is 4.68. The first-order valence-electron chi connectivity index (χ1n) is 9.67. The van der Waals surface area contributed by atoms with Gasteiger partial charge in [0.25, 0.3) is 0 Å². The molecule has 2 aliphatic rings. The number of rotatable bonds is 1. The number of hydrogen-bond acceptors (Lipinski definition) is 2. The van der Waals surface area contributed by atoms with Gasteiger partial charge in [0.2, 0.25) is 0 Å². The van der Waals surface area contributed by atoms with Crippen LogP contribution >= 0.6 is 15.9 Å². The summed E-state index contributed by atoms with van der Waals surface area (Å²) >= 11 is 3.61. The van der Waals surface area contributed by atoms with Gasteiger partial charge in [-0.25, -0.2) is 0 Å². The smallest absolute Gasteiger partial charge is 0.0514 e. The van der Waals surface area contributed by atoms with Gasteiger partial charge < -0.3 is 5.32 Å². The standard InChI is InChI=1S/C20H23BrN2.C2H6/c1-13-2-5-18-15(10-13)3-4-16-11-17(21)12-23-20(16)19(18)14-6-8-22-9-7-14;1-2/h2,5,10-12,14,19,22H,3-4,6-9H2,1H3;1-2H3/t19-;/m0./s1. The monoisotopic (exact) mass is 400 g/mol. The van der Waals surface area contributed by atoms with Crippen molar-refractivity contribution in [2.75, 3.05) is 13.1 Å². The minimum Gasteiger partial charge on any atom is -0.317 e. The predicted octanol–water partition coefficient (Wildman–Crippen LogP) is 5.41. The fraction of sp³-hybridized carbons (Fsp3) is 0.500. The predicted molar refractivity (Wildman–Crippen MR) is 109 cm³/mol. The van der Waals surface area contributed by atoms with Crippen LogP contribution in [0.3, 0.4) is 0 Å². The average molecular weight is 401 g/mol. The van der Waals surface area contributed by atoms with Crippen LogP contribution in [0.4, 0.5) is 0 Å². The Hall–Kier alpha value is -1.19. The normalized spacial score (nSPS) is 19.9. The summed E-state index contributed by atoms with van der Waals surface area (Å²) in [5, 5.41) is 3.51. The highest BCUT2D eigenvalue weighted by Gasteiger charge is 2.32. The molecule has 2 nitrogen and oxygen atoms in total. The molecule has 1 atom stereocenters. The molecular weight excluding hydrogens is 372 g/mol. The quantitative estimate of drug-likeness (QED) is 0.691. The molecule has 2 heterocycles. The summed E-state index contributed by atoms with van der Waals surface area (Å²) in [4.78, 5) is 4.89. The number of aryl methyl sites for hydroxylation is 3. The highest BCUT2D eigenvalue weighted by Crippen LogP contribution is 2.42. The first-order valence-corrected chi connectivity index (χ1v) is 10.5. The van der Waals surface area contributed by atoms with Gasteiger partial charge in [0.05, 0.1) is 5.69 Å². The number of aromatic nitrogens is 1. The van der Waals surface area contributed by atoms with Crippen molar-refractivity contribution < 1.29 is 0 Å². The minimum atomic E-state index is 0.457. The number of benzene rings is 1. The van der Waals surface area contributed by atoms with Crippen LogP contribution in [0.25, 0.3) is 0 Å². The van der Waals surface area contributed by atoms with Crippen LogP contribution in [-0.2, 0) is 12.8 Å². The second-order valence-corrected chi connectivity index (χ2v) is 7.88. The molecule has 1 aliphatic heterocycles. The first kappa shape index (κ1) is 18.6. The summed E-state index contributed by atoms with van der Waals surface area (Å²) in [7, 11) is 0. The second-order valence-electron chi connectivity index (χ2n) is 6.97. The zero-order chi connectivity index (χ0) is 17.8. The third kappa shape index (κ3) is 3.98. The van der Waals surface area contributed by atoms with E-state index in [2.05, 4.69) is 52.4 Å². The van der Waals surface area contributed by atoms with Gasteiger partial charge in [-0.2, -0.15) is 0 Å². The van der Waals surface area contributed by atoms with Crippen molar-refractivity contribution in [2.24, 2.45) is 5.92 Å². The van der Waals surface area contributed by atoms with Crippen molar-refractivity contribution >= 4 is 15.9 Å². The molecule has 0 spiro atoms. The Kier molecular flexibility index (Phi) is 6.29. The number of nitrogens with one attached hydrogen (secondary N) is 1. The van der Waals surface area contributed by atoms with Crippen LogP contribution in [0.5, 0.6) is 0 Å². The third-order valence-corrected chi connectivity index (χ3v) is 5.85. The van der Waals surface area contributed by atoms with Crippen molar-refractivity contribution in [3.63, 3.8) is 0 Å². The molecule has 3 heteroatoms. The van der Waals surface area contributed by atoms with Gasteiger partial charge in [-0.1, -0.05) is 37.6 Å². The van der Waals surface area contributed by atoms with E-state index in [1.807, 2.05) is 20.0 Å². The van der Waals surface area contributed by atoms with Crippen LogP contribution in [0.2, 0.25) is 0 Å². The SMILES string of the molecule is CC.Cc1ccc2c(c1)CCc1cc(Br)cnc1[C@H]2C1CCNCC1. The molecule has 0 bridgehead atoms. The van der Waals surface area contributed by atoms with Crippen LogP contribution in [0.1, 0.15) is 60.6 Å². The van der Waals surface area contributed by atoms with Crippen LogP contribution in [-0.4, -0.2) is 18.1 Å². The summed E-state index contributed by atoms with van der Waals surface area (Å²) < 4.78 is 1.10. The van der Waals surface area contributed by atoms with Gasteiger partial charge >= 0.3 is 0 Å². The average Bonchev–Trinajstić information content (AvgIpc) is 2.80. The Balaban J connectivity index is 0.000000880. The number of hydrogen-bond donors (Lipinski definition) is 1. The second kappa shape index (κ2) is 8.46. The maximum absolute atomic E-state index is 4.89. The zero-order valence-corrected chi connectivity index (χ0v) is 17.2. The van der Waals surface area contributed by atoms with E-state index in [4.69, 9.17) is 4.98 Å². The van der Waals surface area contributed by atoms with E-state index < -0.39 is 0 Å². The molecule has 1 N–H and O–H groups in total. The van der Waals surface area contributed by atoms with E-state index in [0.29, 0.717) is 11.8 Å². The Morgan fingerprint density at radius 2 is 1.76 bits per heavy atom. The highest BCUT2D eigenvalue weighted by molar-refractivity contribution is 9.10. The lowest BCUT2D eigenvalue weighted by Crippen LogP contribution is -2.32. The number of fused-ring (bicyclic) bond motifs is 2. The molecule has 0 saturated carbocycles. The molecular formula is C22H29BrN2. The molecule has 2 aromatic rings. The van der Waals surface area contributed by atoms with Crippen molar-refractivity contribution in [1.29, 1.82) is 0 Å². The lowest BCUT2D eigenvalue weighted by Gasteiger charge is -2.32. The number of halogens is 1. The van der Waals surface area contributed by atoms with E-state index in [9.17, 15) is 0 Å². The van der Waals surface area contributed by atoms with Gasteiger partial charge in [0, 0.05) is 16.6 Å². The van der Waals surface area contributed by atoms with E-state index in [1.165, 1.54) is 40.8 Å². The zero-order valence-electron chi connectivity index (χ0n) is 15.6. The largest absolute Gasteiger partial charge is 0.317 e.